The molecule has 1 atom stereocenters. The average molecular weight is 507 g/mol. The molecule has 1 saturated heterocycles. The number of aromatic nitrogens is 3. The molecule has 2 aromatic heterocycles. The van der Waals surface area contributed by atoms with E-state index in [4.69, 9.17) is 0 Å². The first-order valence-electron chi connectivity index (χ1n) is 11.6. The maximum absolute atomic E-state index is 14.8. The zero-order valence-electron chi connectivity index (χ0n) is 20.1. The number of rotatable bonds is 4. The molecule has 0 amide bonds. The number of pyridine rings is 1. The lowest BCUT2D eigenvalue weighted by Gasteiger charge is -2.41. The summed E-state index contributed by atoms with van der Waals surface area (Å²) in [6.45, 7) is 3.54. The Morgan fingerprint density at radius 3 is 2.50 bits per heavy atom. The lowest BCUT2D eigenvalue weighted by molar-refractivity contribution is -0.140. The first-order valence-corrected chi connectivity index (χ1v) is 11.6. The van der Waals surface area contributed by atoms with E-state index in [9.17, 15) is 27.2 Å². The SMILES string of the molecule is C[C@@H](Nc1nn(C)c(=O)c2cc(=O)n(N3CCN(C)C4(CC4)C3)cc12)c1cccc(C(F)(F)F)c1F. The number of anilines is 1. The van der Waals surface area contributed by atoms with Crippen LogP contribution in [0.4, 0.5) is 23.4 Å². The molecule has 8 nitrogen and oxygen atoms in total. The van der Waals surface area contributed by atoms with Crippen molar-refractivity contribution >= 4 is 16.6 Å². The Labute approximate surface area is 203 Å². The van der Waals surface area contributed by atoms with E-state index in [1.165, 1.54) is 37.0 Å². The van der Waals surface area contributed by atoms with Crippen molar-refractivity contribution in [3.8, 4) is 0 Å². The second-order valence-electron chi connectivity index (χ2n) is 9.67. The predicted octanol–water partition coefficient (Wildman–Crippen LogP) is 2.84. The molecule has 1 aliphatic heterocycles. The van der Waals surface area contributed by atoms with Crippen LogP contribution in [0, 0.1) is 5.82 Å². The van der Waals surface area contributed by atoms with Gasteiger partial charge >= 0.3 is 6.18 Å². The highest BCUT2D eigenvalue weighted by Crippen LogP contribution is 2.42. The first-order chi connectivity index (χ1) is 16.9. The highest BCUT2D eigenvalue weighted by molar-refractivity contribution is 5.90. The second kappa shape index (κ2) is 8.32. The van der Waals surface area contributed by atoms with Crippen molar-refractivity contribution in [3.63, 3.8) is 0 Å². The summed E-state index contributed by atoms with van der Waals surface area (Å²) >= 11 is 0. The van der Waals surface area contributed by atoms with E-state index in [1.807, 2.05) is 5.01 Å². The molecule has 36 heavy (non-hydrogen) atoms. The minimum absolute atomic E-state index is 0.0361. The summed E-state index contributed by atoms with van der Waals surface area (Å²) in [4.78, 5) is 28.1. The Hall–Kier alpha value is -3.41. The van der Waals surface area contributed by atoms with Gasteiger partial charge in [0.2, 0.25) is 0 Å². The fraction of sp³-hybridized carbons (Fsp3) is 0.458. The van der Waals surface area contributed by atoms with Gasteiger partial charge in [-0.15, -0.1) is 0 Å². The molecule has 2 fully saturated rings. The van der Waals surface area contributed by atoms with Crippen molar-refractivity contribution in [2.75, 3.05) is 37.0 Å². The molecule has 0 bridgehead atoms. The Kier molecular flexibility index (Phi) is 5.62. The molecule has 1 spiro atoms. The summed E-state index contributed by atoms with van der Waals surface area (Å²) in [5, 5.41) is 9.57. The van der Waals surface area contributed by atoms with Crippen molar-refractivity contribution in [1.82, 2.24) is 19.4 Å². The fourth-order valence-electron chi connectivity index (χ4n) is 4.94. The van der Waals surface area contributed by atoms with Gasteiger partial charge in [-0.25, -0.2) is 13.7 Å². The van der Waals surface area contributed by atoms with E-state index in [-0.39, 0.29) is 27.9 Å². The molecular formula is C24H26F4N6O2. The van der Waals surface area contributed by atoms with E-state index >= 15 is 0 Å². The lowest BCUT2D eigenvalue weighted by atomic mass is 10.0. The first kappa shape index (κ1) is 24.3. The van der Waals surface area contributed by atoms with Gasteiger partial charge in [0.15, 0.2) is 5.82 Å². The normalized spacial score (nSPS) is 18.6. The van der Waals surface area contributed by atoms with Crippen LogP contribution < -0.4 is 21.4 Å². The maximum atomic E-state index is 14.8. The summed E-state index contributed by atoms with van der Waals surface area (Å²) in [7, 11) is 3.47. The summed E-state index contributed by atoms with van der Waals surface area (Å²) in [5.41, 5.74) is -2.38. The summed E-state index contributed by atoms with van der Waals surface area (Å²) in [5.74, 6) is -1.22. The van der Waals surface area contributed by atoms with Crippen LogP contribution in [0.1, 0.15) is 36.9 Å². The summed E-state index contributed by atoms with van der Waals surface area (Å²) < 4.78 is 56.9. The predicted molar refractivity (Wildman–Crippen MR) is 127 cm³/mol. The van der Waals surface area contributed by atoms with E-state index < -0.39 is 29.2 Å². The van der Waals surface area contributed by atoms with Gasteiger partial charge < -0.3 is 10.3 Å². The van der Waals surface area contributed by atoms with Crippen LogP contribution in [0.5, 0.6) is 0 Å². The Balaban J connectivity index is 1.56. The zero-order chi connectivity index (χ0) is 26.0. The second-order valence-corrected chi connectivity index (χ2v) is 9.67. The molecule has 2 aliphatic rings. The third-order valence-corrected chi connectivity index (χ3v) is 7.33. The Morgan fingerprint density at radius 2 is 1.83 bits per heavy atom. The van der Waals surface area contributed by atoms with Crippen LogP contribution in [0.2, 0.25) is 0 Å². The quantitative estimate of drug-likeness (QED) is 0.549. The fourth-order valence-corrected chi connectivity index (χ4v) is 4.94. The molecule has 1 N–H and O–H groups in total. The van der Waals surface area contributed by atoms with Crippen LogP contribution in [0.3, 0.4) is 0 Å². The number of hydrogen-bond acceptors (Lipinski definition) is 6. The zero-order valence-corrected chi connectivity index (χ0v) is 20.1. The van der Waals surface area contributed by atoms with Crippen LogP contribution in [0.25, 0.3) is 10.8 Å². The Morgan fingerprint density at radius 1 is 1.11 bits per heavy atom. The van der Waals surface area contributed by atoms with Gasteiger partial charge in [-0.05, 0) is 32.9 Å². The van der Waals surface area contributed by atoms with Gasteiger partial charge in [-0.3, -0.25) is 14.5 Å². The molecule has 5 rings (SSSR count). The monoisotopic (exact) mass is 506 g/mol. The van der Waals surface area contributed by atoms with Crippen LogP contribution in [-0.4, -0.2) is 51.6 Å². The van der Waals surface area contributed by atoms with Crippen LogP contribution in [-0.2, 0) is 13.2 Å². The number of hydrogen-bond donors (Lipinski definition) is 1. The topological polar surface area (TPSA) is 75.4 Å². The molecule has 3 heterocycles. The number of piperazine rings is 1. The van der Waals surface area contributed by atoms with Gasteiger partial charge in [-0.2, -0.15) is 18.3 Å². The van der Waals surface area contributed by atoms with Crippen molar-refractivity contribution in [2.24, 2.45) is 7.05 Å². The van der Waals surface area contributed by atoms with Gasteiger partial charge in [0.1, 0.15) is 5.82 Å². The highest BCUT2D eigenvalue weighted by Gasteiger charge is 2.50. The largest absolute Gasteiger partial charge is 0.419 e. The Bertz CT molecular complexity index is 1460. The van der Waals surface area contributed by atoms with Crippen molar-refractivity contribution in [1.29, 1.82) is 0 Å². The molecule has 1 aromatic carbocycles. The number of aryl methyl sites for hydroxylation is 1. The molecular weight excluding hydrogens is 480 g/mol. The smallest absolute Gasteiger partial charge is 0.361 e. The van der Waals surface area contributed by atoms with Gasteiger partial charge in [0, 0.05) is 43.5 Å². The number of alkyl halides is 3. The average Bonchev–Trinajstić information content (AvgIpc) is 3.58. The van der Waals surface area contributed by atoms with E-state index in [0.717, 1.165) is 30.1 Å². The molecule has 192 valence electrons. The van der Waals surface area contributed by atoms with E-state index in [0.29, 0.717) is 24.5 Å². The number of nitrogens with one attached hydrogen (secondary N) is 1. The van der Waals surface area contributed by atoms with E-state index in [1.54, 1.807) is 0 Å². The number of nitrogens with zero attached hydrogens (tertiary/aromatic N) is 5. The summed E-state index contributed by atoms with van der Waals surface area (Å²) in [6.07, 6.45) is -1.22. The minimum Gasteiger partial charge on any atom is -0.361 e. The molecule has 0 unspecified atom stereocenters. The minimum atomic E-state index is -4.83. The maximum Gasteiger partial charge on any atom is 0.419 e. The number of likely N-dealkylation sites (N-methyl/N-ethyl adjacent to an activating group) is 1. The molecule has 1 saturated carbocycles. The molecule has 3 aromatic rings. The van der Waals surface area contributed by atoms with Gasteiger partial charge in [0.05, 0.1) is 28.9 Å². The van der Waals surface area contributed by atoms with Crippen molar-refractivity contribution in [2.45, 2.75) is 37.5 Å². The number of halogens is 4. The lowest BCUT2D eigenvalue weighted by Crippen LogP contribution is -2.59. The van der Waals surface area contributed by atoms with Crippen LogP contribution in [0.15, 0.2) is 40.1 Å². The third kappa shape index (κ3) is 4.02. The number of fused-ring (bicyclic) bond motifs is 1. The van der Waals surface area contributed by atoms with Crippen molar-refractivity contribution in [3.05, 3.63) is 68.1 Å². The van der Waals surface area contributed by atoms with Crippen molar-refractivity contribution < 1.29 is 17.6 Å². The van der Waals surface area contributed by atoms with E-state index in [2.05, 4.69) is 22.4 Å². The number of benzene rings is 1. The highest BCUT2D eigenvalue weighted by atomic mass is 19.4. The molecule has 0 radical (unpaired) electrons. The molecule has 1 aliphatic carbocycles. The molecule has 12 heteroatoms. The van der Waals surface area contributed by atoms with Crippen LogP contribution >= 0.6 is 0 Å². The van der Waals surface area contributed by atoms with Gasteiger partial charge in [-0.1, -0.05) is 12.1 Å². The standard InChI is InChI=1S/C24H26F4N6O2/c1-14(15-5-4-6-18(20(15)25)24(26,27)28)29-21-17-12-34(19(35)11-16(17)22(36)32(3)30-21)33-10-9-31(2)23(13-33)7-8-23/h4-6,11-12,14H,7-10,13H2,1-3H3,(H,29,30)/t14-/m1/s1. The third-order valence-electron chi connectivity index (χ3n) is 7.33. The van der Waals surface area contributed by atoms with Gasteiger partial charge in [0.25, 0.3) is 11.1 Å². The summed E-state index contributed by atoms with van der Waals surface area (Å²) in [6, 6.07) is 3.43.